The summed E-state index contributed by atoms with van der Waals surface area (Å²) in [4.78, 5) is 24.3. The van der Waals surface area contributed by atoms with Gasteiger partial charge in [-0.1, -0.05) is 12.1 Å². The van der Waals surface area contributed by atoms with Crippen molar-refractivity contribution in [1.82, 2.24) is 4.90 Å². The zero-order chi connectivity index (χ0) is 17.5. The smallest absolute Gasteiger partial charge is 0.253 e. The molecule has 0 fully saturated rings. The Morgan fingerprint density at radius 1 is 1.04 bits per heavy atom. The molecule has 1 amide bonds. The van der Waals surface area contributed by atoms with Crippen molar-refractivity contribution in [1.29, 1.82) is 0 Å². The first-order chi connectivity index (χ1) is 11.5. The average molecular weight is 327 g/mol. The van der Waals surface area contributed by atoms with E-state index < -0.39 is 0 Å². The summed E-state index contributed by atoms with van der Waals surface area (Å²) in [6, 6.07) is 12.3. The summed E-state index contributed by atoms with van der Waals surface area (Å²) in [6.07, 6.45) is 0.771. The fraction of sp³-hybridized carbons (Fsp3) is 0.263. The third kappa shape index (κ3) is 4.35. The highest BCUT2D eigenvalue weighted by Gasteiger charge is 2.09. The van der Waals surface area contributed by atoms with Crippen LogP contribution in [0.5, 0.6) is 11.5 Å². The second-order valence-electron chi connectivity index (χ2n) is 5.44. The number of hydrogen-bond donors (Lipinski definition) is 0. The van der Waals surface area contributed by atoms with Crippen molar-refractivity contribution in [3.05, 3.63) is 59.2 Å². The number of amides is 1. The Morgan fingerprint density at radius 2 is 1.75 bits per heavy atom. The summed E-state index contributed by atoms with van der Waals surface area (Å²) < 4.78 is 11.3. The minimum Gasteiger partial charge on any atom is -0.490 e. The molecule has 0 saturated heterocycles. The summed E-state index contributed by atoms with van der Waals surface area (Å²) in [7, 11) is 3.44. The van der Waals surface area contributed by atoms with Crippen LogP contribution in [0.4, 0.5) is 0 Å². The van der Waals surface area contributed by atoms with Crippen molar-refractivity contribution in [2.24, 2.45) is 0 Å². The number of hydrogen-bond acceptors (Lipinski definition) is 4. The molecule has 2 aromatic carbocycles. The predicted octanol–water partition coefficient (Wildman–Crippen LogP) is 3.18. The molecule has 0 radical (unpaired) electrons. The first kappa shape index (κ1) is 17.5. The molecule has 0 aliphatic carbocycles. The van der Waals surface area contributed by atoms with E-state index in [1.165, 1.54) is 4.90 Å². The van der Waals surface area contributed by atoms with Crippen LogP contribution in [-0.2, 0) is 6.61 Å². The van der Waals surface area contributed by atoms with Gasteiger partial charge in [0.1, 0.15) is 12.9 Å². The Labute approximate surface area is 141 Å². The molecule has 0 aromatic heterocycles. The maximum Gasteiger partial charge on any atom is 0.253 e. The molecular weight excluding hydrogens is 306 g/mol. The van der Waals surface area contributed by atoms with Gasteiger partial charge < -0.3 is 14.4 Å². The third-order valence-electron chi connectivity index (χ3n) is 3.41. The summed E-state index contributed by atoms with van der Waals surface area (Å²) in [5.41, 5.74) is 2.11. The molecule has 0 atom stereocenters. The molecule has 0 unspecified atom stereocenters. The van der Waals surface area contributed by atoms with Crippen molar-refractivity contribution in [2.45, 2.75) is 13.5 Å². The Hall–Kier alpha value is -2.82. The second kappa shape index (κ2) is 8.15. The number of rotatable bonds is 7. The third-order valence-corrected chi connectivity index (χ3v) is 3.41. The normalized spacial score (nSPS) is 10.1. The van der Waals surface area contributed by atoms with E-state index in [1.807, 2.05) is 19.1 Å². The molecule has 0 aliphatic rings. The molecule has 2 aromatic rings. The molecule has 2 rings (SSSR count). The monoisotopic (exact) mass is 327 g/mol. The summed E-state index contributed by atoms with van der Waals surface area (Å²) >= 11 is 0. The molecule has 0 spiro atoms. The maximum absolute atomic E-state index is 11.9. The van der Waals surface area contributed by atoms with Gasteiger partial charge in [0, 0.05) is 25.2 Å². The SMILES string of the molecule is CCOc1cc(C=O)ccc1OCc1ccc(C(=O)N(C)C)cc1. The summed E-state index contributed by atoms with van der Waals surface area (Å²) in [6.45, 7) is 2.70. The number of nitrogens with zero attached hydrogens (tertiary/aromatic N) is 1. The van der Waals surface area contributed by atoms with Crippen LogP contribution < -0.4 is 9.47 Å². The number of ether oxygens (including phenoxy) is 2. The van der Waals surface area contributed by atoms with Gasteiger partial charge in [-0.25, -0.2) is 0 Å². The van der Waals surface area contributed by atoms with Crippen LogP contribution in [0.1, 0.15) is 33.2 Å². The zero-order valence-electron chi connectivity index (χ0n) is 14.1. The number of aldehydes is 1. The Balaban J connectivity index is 2.08. The molecule has 0 N–H and O–H groups in total. The summed E-state index contributed by atoms with van der Waals surface area (Å²) in [5.74, 6) is 1.09. The highest BCUT2D eigenvalue weighted by molar-refractivity contribution is 5.93. The number of carbonyl (C=O) groups excluding carboxylic acids is 2. The van der Waals surface area contributed by atoms with Crippen molar-refractivity contribution in [3.63, 3.8) is 0 Å². The first-order valence-electron chi connectivity index (χ1n) is 7.70. The molecular formula is C19H21NO4. The lowest BCUT2D eigenvalue weighted by molar-refractivity contribution is 0.0827. The van der Waals surface area contributed by atoms with E-state index in [-0.39, 0.29) is 5.91 Å². The van der Waals surface area contributed by atoms with Crippen LogP contribution in [0, 0.1) is 0 Å². The Bertz CT molecular complexity index is 708. The molecule has 0 heterocycles. The van der Waals surface area contributed by atoms with E-state index in [0.717, 1.165) is 11.8 Å². The standard InChI is InChI=1S/C19H21NO4/c1-4-23-18-11-15(12-21)7-10-17(18)24-13-14-5-8-16(9-6-14)19(22)20(2)3/h5-12H,4,13H2,1-3H3. The minimum absolute atomic E-state index is 0.0365. The largest absolute Gasteiger partial charge is 0.490 e. The van der Waals surface area contributed by atoms with Crippen molar-refractivity contribution in [3.8, 4) is 11.5 Å². The highest BCUT2D eigenvalue weighted by atomic mass is 16.5. The molecule has 126 valence electrons. The highest BCUT2D eigenvalue weighted by Crippen LogP contribution is 2.28. The Kier molecular flexibility index (Phi) is 5.95. The van der Waals surface area contributed by atoms with E-state index in [4.69, 9.17) is 9.47 Å². The van der Waals surface area contributed by atoms with Crippen molar-refractivity contribution < 1.29 is 19.1 Å². The Morgan fingerprint density at radius 3 is 2.33 bits per heavy atom. The van der Waals surface area contributed by atoms with Gasteiger partial charge in [-0.05, 0) is 42.8 Å². The lowest BCUT2D eigenvalue weighted by atomic mass is 10.1. The van der Waals surface area contributed by atoms with Crippen LogP contribution >= 0.6 is 0 Å². The van der Waals surface area contributed by atoms with Gasteiger partial charge in [0.15, 0.2) is 11.5 Å². The fourth-order valence-electron chi connectivity index (χ4n) is 2.15. The van der Waals surface area contributed by atoms with Crippen LogP contribution in [0.25, 0.3) is 0 Å². The van der Waals surface area contributed by atoms with Crippen LogP contribution in [-0.4, -0.2) is 37.8 Å². The molecule has 0 aliphatic heterocycles. The van der Waals surface area contributed by atoms with Crippen LogP contribution in [0.2, 0.25) is 0 Å². The van der Waals surface area contributed by atoms with Gasteiger partial charge in [0.25, 0.3) is 5.91 Å². The maximum atomic E-state index is 11.9. The van der Waals surface area contributed by atoms with E-state index in [2.05, 4.69) is 0 Å². The van der Waals surface area contributed by atoms with Gasteiger partial charge in [-0.3, -0.25) is 9.59 Å². The van der Waals surface area contributed by atoms with Gasteiger partial charge in [-0.15, -0.1) is 0 Å². The molecule has 5 nitrogen and oxygen atoms in total. The lowest BCUT2D eigenvalue weighted by Crippen LogP contribution is -2.21. The minimum atomic E-state index is -0.0365. The van der Waals surface area contributed by atoms with E-state index in [9.17, 15) is 9.59 Å². The van der Waals surface area contributed by atoms with Gasteiger partial charge in [0.2, 0.25) is 0 Å². The van der Waals surface area contributed by atoms with Crippen molar-refractivity contribution >= 4 is 12.2 Å². The fourth-order valence-corrected chi connectivity index (χ4v) is 2.15. The van der Waals surface area contributed by atoms with Gasteiger partial charge in [-0.2, -0.15) is 0 Å². The molecule has 24 heavy (non-hydrogen) atoms. The summed E-state index contributed by atoms with van der Waals surface area (Å²) in [5, 5.41) is 0. The quantitative estimate of drug-likeness (QED) is 0.733. The average Bonchev–Trinajstić information content (AvgIpc) is 2.60. The molecule has 0 saturated carbocycles. The van der Waals surface area contributed by atoms with E-state index >= 15 is 0 Å². The van der Waals surface area contributed by atoms with Crippen LogP contribution in [0.15, 0.2) is 42.5 Å². The van der Waals surface area contributed by atoms with E-state index in [0.29, 0.717) is 35.8 Å². The van der Waals surface area contributed by atoms with E-state index in [1.54, 1.807) is 44.4 Å². The predicted molar refractivity (Wildman–Crippen MR) is 91.8 cm³/mol. The molecule has 0 bridgehead atoms. The van der Waals surface area contributed by atoms with Crippen LogP contribution in [0.3, 0.4) is 0 Å². The number of benzene rings is 2. The zero-order valence-corrected chi connectivity index (χ0v) is 14.1. The lowest BCUT2D eigenvalue weighted by Gasteiger charge is -2.13. The molecule has 5 heteroatoms. The second-order valence-corrected chi connectivity index (χ2v) is 5.44. The van der Waals surface area contributed by atoms with Gasteiger partial charge in [0.05, 0.1) is 6.61 Å². The topological polar surface area (TPSA) is 55.8 Å². The van der Waals surface area contributed by atoms with Crippen molar-refractivity contribution in [2.75, 3.05) is 20.7 Å². The van der Waals surface area contributed by atoms with Gasteiger partial charge >= 0.3 is 0 Å². The first-order valence-corrected chi connectivity index (χ1v) is 7.70. The number of carbonyl (C=O) groups is 2.